The fourth-order valence-corrected chi connectivity index (χ4v) is 3.74. The molecule has 1 amide bonds. The summed E-state index contributed by atoms with van der Waals surface area (Å²) < 4.78 is 1.94. The fraction of sp³-hybridized carbons (Fsp3) is 0.273. The second kappa shape index (κ2) is 6.79. The maximum atomic E-state index is 13.2. The van der Waals surface area contributed by atoms with Gasteiger partial charge in [-0.25, -0.2) is 0 Å². The van der Waals surface area contributed by atoms with Gasteiger partial charge in [-0.3, -0.25) is 9.48 Å². The first kappa shape index (κ1) is 16.6. The summed E-state index contributed by atoms with van der Waals surface area (Å²) >= 11 is 0. The fourth-order valence-electron chi connectivity index (χ4n) is 3.74. The summed E-state index contributed by atoms with van der Waals surface area (Å²) in [6, 6.07) is 18.6. The number of hydrogen-bond donors (Lipinski definition) is 0. The second-order valence-electron chi connectivity index (χ2n) is 6.93. The van der Waals surface area contributed by atoms with Crippen LogP contribution < -0.4 is 0 Å². The van der Waals surface area contributed by atoms with E-state index in [1.807, 2.05) is 47.7 Å². The van der Waals surface area contributed by atoms with Crippen LogP contribution in [0.3, 0.4) is 0 Å². The first-order valence-electron chi connectivity index (χ1n) is 9.07. The molecular weight excluding hydrogens is 322 g/mol. The van der Waals surface area contributed by atoms with Gasteiger partial charge in [0, 0.05) is 18.8 Å². The molecule has 4 nitrogen and oxygen atoms in total. The third-order valence-corrected chi connectivity index (χ3v) is 5.19. The molecule has 0 atom stereocenters. The van der Waals surface area contributed by atoms with E-state index in [2.05, 4.69) is 35.4 Å². The predicted molar refractivity (Wildman–Crippen MR) is 102 cm³/mol. The van der Waals surface area contributed by atoms with Crippen molar-refractivity contribution in [2.24, 2.45) is 0 Å². The van der Waals surface area contributed by atoms with E-state index in [-0.39, 0.29) is 5.91 Å². The highest BCUT2D eigenvalue weighted by Crippen LogP contribution is 2.23. The van der Waals surface area contributed by atoms with Gasteiger partial charge in [-0.2, -0.15) is 5.10 Å². The Hall–Kier alpha value is -2.88. The molecule has 1 aliphatic rings. The number of benzene rings is 2. The minimum absolute atomic E-state index is 0.0915. The van der Waals surface area contributed by atoms with Crippen LogP contribution in [0.5, 0.6) is 0 Å². The standard InChI is InChI=1S/C22H23N3O/c1-16-21(17(2)25(23-16)14-18-8-4-3-5-9-18)22(26)24-13-12-19-10-6-7-11-20(19)15-24/h3-11H,12-15H2,1-2H3. The molecule has 0 unspecified atom stereocenters. The lowest BCUT2D eigenvalue weighted by atomic mass is 9.99. The first-order chi connectivity index (χ1) is 12.6. The molecule has 3 aromatic rings. The molecule has 4 heteroatoms. The van der Waals surface area contributed by atoms with E-state index >= 15 is 0 Å². The van der Waals surface area contributed by atoms with Crippen molar-refractivity contribution in [2.75, 3.05) is 6.54 Å². The maximum absolute atomic E-state index is 13.2. The molecule has 0 N–H and O–H groups in total. The molecule has 1 aromatic heterocycles. The van der Waals surface area contributed by atoms with Crippen molar-refractivity contribution in [1.82, 2.24) is 14.7 Å². The topological polar surface area (TPSA) is 38.1 Å². The smallest absolute Gasteiger partial charge is 0.257 e. The van der Waals surface area contributed by atoms with Gasteiger partial charge in [0.05, 0.1) is 17.8 Å². The monoisotopic (exact) mass is 345 g/mol. The van der Waals surface area contributed by atoms with Gasteiger partial charge in [0.25, 0.3) is 5.91 Å². The largest absolute Gasteiger partial charge is 0.334 e. The number of aromatic nitrogens is 2. The number of fused-ring (bicyclic) bond motifs is 1. The number of carbonyl (C=O) groups excluding carboxylic acids is 1. The molecule has 2 heterocycles. The summed E-state index contributed by atoms with van der Waals surface area (Å²) in [4.78, 5) is 15.1. The Bertz CT molecular complexity index is 943. The number of rotatable bonds is 3. The summed E-state index contributed by atoms with van der Waals surface area (Å²) in [5.41, 5.74) is 6.28. The second-order valence-corrected chi connectivity index (χ2v) is 6.93. The number of aryl methyl sites for hydroxylation is 1. The summed E-state index contributed by atoms with van der Waals surface area (Å²) in [7, 11) is 0. The molecule has 0 radical (unpaired) electrons. The Morgan fingerprint density at radius 3 is 2.46 bits per heavy atom. The molecule has 0 saturated carbocycles. The minimum Gasteiger partial charge on any atom is -0.334 e. The number of amides is 1. The number of carbonyl (C=O) groups is 1. The van der Waals surface area contributed by atoms with Crippen LogP contribution in [0.4, 0.5) is 0 Å². The zero-order valence-electron chi connectivity index (χ0n) is 15.3. The molecule has 0 saturated heterocycles. The van der Waals surface area contributed by atoms with Crippen molar-refractivity contribution in [2.45, 2.75) is 33.4 Å². The summed E-state index contributed by atoms with van der Waals surface area (Å²) in [6.07, 6.45) is 0.915. The van der Waals surface area contributed by atoms with Crippen LogP contribution in [-0.4, -0.2) is 27.1 Å². The van der Waals surface area contributed by atoms with E-state index in [1.165, 1.54) is 16.7 Å². The van der Waals surface area contributed by atoms with Gasteiger partial charge in [0.15, 0.2) is 0 Å². The highest BCUT2D eigenvalue weighted by atomic mass is 16.2. The van der Waals surface area contributed by atoms with Crippen LogP contribution in [0.2, 0.25) is 0 Å². The van der Waals surface area contributed by atoms with Crippen LogP contribution in [0, 0.1) is 13.8 Å². The highest BCUT2D eigenvalue weighted by molar-refractivity contribution is 5.96. The molecule has 0 aliphatic carbocycles. The third kappa shape index (κ3) is 3.03. The van der Waals surface area contributed by atoms with E-state index < -0.39 is 0 Å². The third-order valence-electron chi connectivity index (χ3n) is 5.19. The molecule has 2 aromatic carbocycles. The maximum Gasteiger partial charge on any atom is 0.257 e. The molecule has 1 aliphatic heterocycles. The van der Waals surface area contributed by atoms with Crippen LogP contribution in [0.25, 0.3) is 0 Å². The van der Waals surface area contributed by atoms with E-state index in [1.54, 1.807) is 0 Å². The van der Waals surface area contributed by atoms with Gasteiger partial charge in [0.1, 0.15) is 0 Å². The molecule has 26 heavy (non-hydrogen) atoms. The van der Waals surface area contributed by atoms with E-state index in [0.29, 0.717) is 13.1 Å². The molecule has 132 valence electrons. The summed E-state index contributed by atoms with van der Waals surface area (Å²) in [5, 5.41) is 4.63. The zero-order valence-corrected chi connectivity index (χ0v) is 15.3. The average Bonchev–Trinajstić information content (AvgIpc) is 2.95. The van der Waals surface area contributed by atoms with Crippen molar-refractivity contribution in [1.29, 1.82) is 0 Å². The lowest BCUT2D eigenvalue weighted by Crippen LogP contribution is -2.36. The lowest BCUT2D eigenvalue weighted by Gasteiger charge is -2.29. The summed E-state index contributed by atoms with van der Waals surface area (Å²) in [5.74, 6) is 0.0915. The molecule has 0 bridgehead atoms. The normalized spacial score (nSPS) is 13.5. The molecular formula is C22H23N3O. The van der Waals surface area contributed by atoms with E-state index in [4.69, 9.17) is 0 Å². The predicted octanol–water partition coefficient (Wildman–Crippen LogP) is 3.75. The van der Waals surface area contributed by atoms with Crippen LogP contribution in [0.1, 0.15) is 38.4 Å². The average molecular weight is 345 g/mol. The van der Waals surface area contributed by atoms with Crippen LogP contribution >= 0.6 is 0 Å². The van der Waals surface area contributed by atoms with Gasteiger partial charge in [-0.1, -0.05) is 54.6 Å². The van der Waals surface area contributed by atoms with Crippen molar-refractivity contribution >= 4 is 5.91 Å². The van der Waals surface area contributed by atoms with Gasteiger partial charge >= 0.3 is 0 Å². The minimum atomic E-state index is 0.0915. The van der Waals surface area contributed by atoms with Gasteiger partial charge < -0.3 is 4.90 Å². The van der Waals surface area contributed by atoms with Crippen molar-refractivity contribution in [3.63, 3.8) is 0 Å². The molecule has 4 rings (SSSR count). The van der Waals surface area contributed by atoms with Gasteiger partial charge in [-0.15, -0.1) is 0 Å². The summed E-state index contributed by atoms with van der Waals surface area (Å²) in [6.45, 7) is 6.05. The Balaban J connectivity index is 1.59. The highest BCUT2D eigenvalue weighted by Gasteiger charge is 2.26. The Labute approximate surface area is 154 Å². The molecule has 0 fully saturated rings. The van der Waals surface area contributed by atoms with Crippen molar-refractivity contribution in [3.8, 4) is 0 Å². The van der Waals surface area contributed by atoms with E-state index in [9.17, 15) is 4.79 Å². The Morgan fingerprint density at radius 1 is 1.00 bits per heavy atom. The van der Waals surface area contributed by atoms with Crippen molar-refractivity contribution in [3.05, 3.63) is 88.2 Å². The SMILES string of the molecule is Cc1nn(Cc2ccccc2)c(C)c1C(=O)N1CCc2ccccc2C1. The van der Waals surface area contributed by atoms with Crippen molar-refractivity contribution < 1.29 is 4.79 Å². The van der Waals surface area contributed by atoms with E-state index in [0.717, 1.165) is 29.9 Å². The lowest BCUT2D eigenvalue weighted by molar-refractivity contribution is 0.0733. The first-order valence-corrected chi connectivity index (χ1v) is 9.07. The quantitative estimate of drug-likeness (QED) is 0.725. The zero-order chi connectivity index (χ0) is 18.1. The molecule has 0 spiro atoms. The van der Waals surface area contributed by atoms with Gasteiger partial charge in [0.2, 0.25) is 0 Å². The number of hydrogen-bond acceptors (Lipinski definition) is 2. The Morgan fingerprint density at radius 2 is 1.69 bits per heavy atom. The van der Waals surface area contributed by atoms with Crippen LogP contribution in [0.15, 0.2) is 54.6 Å². The Kier molecular flexibility index (Phi) is 4.33. The van der Waals surface area contributed by atoms with Crippen LogP contribution in [-0.2, 0) is 19.5 Å². The van der Waals surface area contributed by atoms with Gasteiger partial charge in [-0.05, 0) is 37.0 Å². The number of nitrogens with zero attached hydrogens (tertiary/aromatic N) is 3.